The number of hydrogen-bond donors (Lipinski definition) is 0. The van der Waals surface area contributed by atoms with Gasteiger partial charge in [-0.15, -0.1) is 17.0 Å². The lowest BCUT2D eigenvalue weighted by molar-refractivity contribution is 0.0887. The average molecular weight is 402 g/mol. The van der Waals surface area contributed by atoms with Gasteiger partial charge in [0.15, 0.2) is 5.78 Å². The molecule has 2 aromatic carbocycles. The second kappa shape index (κ2) is 8.77. The fourth-order valence-corrected chi connectivity index (χ4v) is 3.80. The molecule has 25 heavy (non-hydrogen) atoms. The molecule has 3 rings (SSSR count). The van der Waals surface area contributed by atoms with Crippen molar-refractivity contribution in [1.29, 1.82) is 0 Å². The van der Waals surface area contributed by atoms with Gasteiger partial charge in [-0.3, -0.25) is 4.79 Å². The van der Waals surface area contributed by atoms with Crippen LogP contribution in [0.15, 0.2) is 60.7 Å². The van der Waals surface area contributed by atoms with E-state index in [0.717, 1.165) is 31.6 Å². The minimum atomic E-state index is 0. The van der Waals surface area contributed by atoms with Crippen LogP contribution in [0, 0.1) is 5.92 Å². The van der Waals surface area contributed by atoms with Crippen molar-refractivity contribution in [1.82, 2.24) is 4.90 Å². The van der Waals surface area contributed by atoms with E-state index in [0.29, 0.717) is 12.3 Å². The summed E-state index contributed by atoms with van der Waals surface area (Å²) in [6.07, 6.45) is 1.76. The number of rotatable bonds is 5. The van der Waals surface area contributed by atoms with Crippen LogP contribution in [-0.2, 0) is 5.41 Å². The van der Waals surface area contributed by atoms with Gasteiger partial charge in [-0.05, 0) is 29.9 Å². The van der Waals surface area contributed by atoms with Gasteiger partial charge < -0.3 is 4.90 Å². The molecule has 1 aliphatic heterocycles. The van der Waals surface area contributed by atoms with Crippen LogP contribution in [0.4, 0.5) is 0 Å². The van der Waals surface area contributed by atoms with Crippen LogP contribution in [0.1, 0.15) is 42.6 Å². The molecule has 134 valence electrons. The third kappa shape index (κ3) is 4.59. The molecular formula is C22H28BrNO. The number of ketones is 1. The molecule has 1 saturated heterocycles. The molecule has 3 heteroatoms. The fraction of sp³-hybridized carbons (Fsp3) is 0.409. The number of Topliss-reactive ketones (excluding diaryl/α,β-unsaturated/α-hetero) is 1. The first-order valence-corrected chi connectivity index (χ1v) is 8.96. The van der Waals surface area contributed by atoms with Crippen molar-refractivity contribution in [2.45, 2.75) is 32.1 Å². The highest BCUT2D eigenvalue weighted by Gasteiger charge is 2.37. The molecule has 0 N–H and O–H groups in total. The maximum Gasteiger partial charge on any atom is 0.164 e. The summed E-state index contributed by atoms with van der Waals surface area (Å²) in [5.41, 5.74) is 2.51. The van der Waals surface area contributed by atoms with Crippen LogP contribution in [0.3, 0.4) is 0 Å². The smallest absolute Gasteiger partial charge is 0.164 e. The third-order valence-corrected chi connectivity index (χ3v) is 5.75. The normalized spacial score (nSPS) is 23.7. The second-order valence-electron chi connectivity index (χ2n) is 7.27. The van der Waals surface area contributed by atoms with Gasteiger partial charge in [0.05, 0.1) is 0 Å². The number of hydrogen-bond acceptors (Lipinski definition) is 2. The molecule has 0 aromatic heterocycles. The van der Waals surface area contributed by atoms with E-state index in [1.54, 1.807) is 0 Å². The Balaban J connectivity index is 0.00000225. The third-order valence-electron chi connectivity index (χ3n) is 5.75. The van der Waals surface area contributed by atoms with Gasteiger partial charge in [0.1, 0.15) is 0 Å². The quantitative estimate of drug-likeness (QED) is 0.646. The number of benzene rings is 2. The Bertz CT molecular complexity index is 673. The van der Waals surface area contributed by atoms with Crippen molar-refractivity contribution in [3.63, 3.8) is 0 Å². The standard InChI is InChI=1S/C22H27NO.BrH/c1-18-17-23(15-13-21(24)19-9-5-3-6-10-19)16-14-22(18,2)20-11-7-4-8-12-20;/h3-12,18H,13-17H2,1-2H3;1H/t18-,22+;/m0./s1. The highest BCUT2D eigenvalue weighted by Crippen LogP contribution is 2.39. The number of carbonyl (C=O) groups excluding carboxylic acids is 1. The zero-order valence-electron chi connectivity index (χ0n) is 15.2. The van der Waals surface area contributed by atoms with Gasteiger partial charge in [0.2, 0.25) is 0 Å². The molecule has 0 saturated carbocycles. The Morgan fingerprint density at radius 1 is 1.08 bits per heavy atom. The van der Waals surface area contributed by atoms with Gasteiger partial charge in [-0.25, -0.2) is 0 Å². The minimum absolute atomic E-state index is 0. The molecule has 0 aliphatic carbocycles. The van der Waals surface area contributed by atoms with Crippen LogP contribution in [0.5, 0.6) is 0 Å². The molecule has 2 aromatic rings. The molecule has 0 bridgehead atoms. The van der Waals surface area contributed by atoms with Gasteiger partial charge >= 0.3 is 0 Å². The van der Waals surface area contributed by atoms with Crippen LogP contribution >= 0.6 is 17.0 Å². The topological polar surface area (TPSA) is 20.3 Å². The lowest BCUT2D eigenvalue weighted by Gasteiger charge is -2.45. The van der Waals surface area contributed by atoms with Crippen LogP contribution < -0.4 is 0 Å². The minimum Gasteiger partial charge on any atom is -0.303 e. The Morgan fingerprint density at radius 2 is 1.68 bits per heavy atom. The highest BCUT2D eigenvalue weighted by atomic mass is 79.9. The molecule has 0 spiro atoms. The first-order valence-electron chi connectivity index (χ1n) is 8.96. The van der Waals surface area contributed by atoms with Gasteiger partial charge in [-0.1, -0.05) is 74.5 Å². The van der Waals surface area contributed by atoms with Crippen LogP contribution in [-0.4, -0.2) is 30.3 Å². The zero-order chi connectivity index (χ0) is 17.0. The second-order valence-corrected chi connectivity index (χ2v) is 7.27. The van der Waals surface area contributed by atoms with Crippen molar-refractivity contribution in [2.75, 3.05) is 19.6 Å². The van der Waals surface area contributed by atoms with Crippen molar-refractivity contribution in [2.24, 2.45) is 5.92 Å². The maximum absolute atomic E-state index is 12.3. The van der Waals surface area contributed by atoms with E-state index in [-0.39, 0.29) is 28.2 Å². The summed E-state index contributed by atoms with van der Waals surface area (Å²) in [6.45, 7) is 7.73. The van der Waals surface area contributed by atoms with Gasteiger partial charge in [-0.2, -0.15) is 0 Å². The summed E-state index contributed by atoms with van der Waals surface area (Å²) in [7, 11) is 0. The van der Waals surface area contributed by atoms with Crippen molar-refractivity contribution in [3.05, 3.63) is 71.8 Å². The van der Waals surface area contributed by atoms with Crippen molar-refractivity contribution >= 4 is 22.8 Å². The van der Waals surface area contributed by atoms with E-state index in [2.05, 4.69) is 49.1 Å². The highest BCUT2D eigenvalue weighted by molar-refractivity contribution is 8.93. The molecule has 1 heterocycles. The first kappa shape index (κ1) is 19.9. The zero-order valence-corrected chi connectivity index (χ0v) is 16.9. The van der Waals surface area contributed by atoms with Gasteiger partial charge in [0, 0.05) is 25.1 Å². The predicted octanol–water partition coefficient (Wildman–Crippen LogP) is 5.14. The van der Waals surface area contributed by atoms with E-state index in [4.69, 9.17) is 0 Å². The summed E-state index contributed by atoms with van der Waals surface area (Å²) in [5.74, 6) is 0.833. The Kier molecular flexibility index (Phi) is 6.97. The number of halogens is 1. The number of piperidine rings is 1. The lowest BCUT2D eigenvalue weighted by Crippen LogP contribution is -2.47. The Hall–Kier alpha value is -1.45. The monoisotopic (exact) mass is 401 g/mol. The van der Waals surface area contributed by atoms with Crippen LogP contribution in [0.2, 0.25) is 0 Å². The van der Waals surface area contributed by atoms with E-state index in [1.165, 1.54) is 5.56 Å². The summed E-state index contributed by atoms with van der Waals surface area (Å²) < 4.78 is 0. The van der Waals surface area contributed by atoms with E-state index < -0.39 is 0 Å². The number of carbonyl (C=O) groups is 1. The lowest BCUT2D eigenvalue weighted by atomic mass is 9.68. The number of nitrogens with zero attached hydrogens (tertiary/aromatic N) is 1. The molecule has 2 nitrogen and oxygen atoms in total. The van der Waals surface area contributed by atoms with Gasteiger partial charge in [0.25, 0.3) is 0 Å². The van der Waals surface area contributed by atoms with E-state index in [1.807, 2.05) is 30.3 Å². The molecular weight excluding hydrogens is 374 g/mol. The fourth-order valence-electron chi connectivity index (χ4n) is 3.80. The molecule has 1 fully saturated rings. The number of likely N-dealkylation sites (tertiary alicyclic amines) is 1. The molecule has 1 aliphatic rings. The van der Waals surface area contributed by atoms with Crippen LogP contribution in [0.25, 0.3) is 0 Å². The first-order chi connectivity index (χ1) is 11.6. The summed E-state index contributed by atoms with van der Waals surface area (Å²) in [4.78, 5) is 14.7. The summed E-state index contributed by atoms with van der Waals surface area (Å²) >= 11 is 0. The Labute approximate surface area is 162 Å². The molecule has 0 unspecified atom stereocenters. The molecule has 0 radical (unpaired) electrons. The summed E-state index contributed by atoms with van der Waals surface area (Å²) in [6, 6.07) is 20.5. The SMILES string of the molecule is Br.C[C@H]1CN(CCC(=O)c2ccccc2)CC[C@@]1(C)c1ccccc1. The largest absolute Gasteiger partial charge is 0.303 e. The van der Waals surface area contributed by atoms with E-state index in [9.17, 15) is 4.79 Å². The van der Waals surface area contributed by atoms with Crippen molar-refractivity contribution in [3.8, 4) is 0 Å². The predicted molar refractivity (Wildman–Crippen MR) is 110 cm³/mol. The van der Waals surface area contributed by atoms with Crippen molar-refractivity contribution < 1.29 is 4.79 Å². The Morgan fingerprint density at radius 3 is 2.28 bits per heavy atom. The maximum atomic E-state index is 12.3. The van der Waals surface area contributed by atoms with E-state index >= 15 is 0 Å². The molecule has 2 atom stereocenters. The molecule has 0 amide bonds. The average Bonchev–Trinajstić information content (AvgIpc) is 2.64. The summed E-state index contributed by atoms with van der Waals surface area (Å²) in [5, 5.41) is 0.